The number of thiazole rings is 1. The van der Waals surface area contributed by atoms with Gasteiger partial charge >= 0.3 is 12.0 Å². The molecule has 1 aliphatic rings. The molecule has 9 nitrogen and oxygen atoms in total. The third-order valence-corrected chi connectivity index (χ3v) is 8.76. The highest BCUT2D eigenvalue weighted by atomic mass is 32.2. The summed E-state index contributed by atoms with van der Waals surface area (Å²) in [7, 11) is -4.03. The van der Waals surface area contributed by atoms with Gasteiger partial charge in [-0.15, -0.1) is 0 Å². The second-order valence-corrected chi connectivity index (χ2v) is 11.6. The van der Waals surface area contributed by atoms with Crippen LogP contribution in [-0.4, -0.2) is 60.4 Å². The highest BCUT2D eigenvalue weighted by molar-refractivity contribution is 7.94. The summed E-state index contributed by atoms with van der Waals surface area (Å²) < 4.78 is 43.4. The minimum absolute atomic E-state index is 0.0107. The van der Waals surface area contributed by atoms with Gasteiger partial charge < -0.3 is 14.7 Å². The number of halogens is 1. The second-order valence-electron chi connectivity index (χ2n) is 8.32. The number of aromatic nitrogens is 1. The molecule has 0 radical (unpaired) electrons. The Hall–Kier alpha value is -2.57. The highest BCUT2D eigenvalue weighted by Gasteiger charge is 2.29. The molecular weight excluding hydrogens is 485 g/mol. The Kier molecular flexibility index (Phi) is 8.97. The number of carbonyl (C=O) groups excluding carboxylic acids is 1. The summed E-state index contributed by atoms with van der Waals surface area (Å²) in [6.07, 6.45) is 4.68. The number of sulfone groups is 1. The van der Waals surface area contributed by atoms with Gasteiger partial charge in [0, 0.05) is 18.2 Å². The van der Waals surface area contributed by atoms with Crippen LogP contribution in [0.2, 0.25) is 0 Å². The van der Waals surface area contributed by atoms with Gasteiger partial charge in [0.2, 0.25) is 0 Å². The number of nitrogens with one attached hydrogen (secondary N) is 1. The molecule has 1 aliphatic carbocycles. The van der Waals surface area contributed by atoms with Crippen LogP contribution in [0.15, 0.2) is 34.7 Å². The standard InChI is InChI=1S/C22H28FN3O6S2/c1-15-6-8-17(9-7-15)26(10-11-32-13-16-4-2-3-5-18(16)23)22(29)25-21-24-12-20(33-21)34(30,31)14-19(27)28/h2-5,12,15,17H,6-11,13-14H2,1H3,(H,27,28)(H,24,25,29)/t15-,17-. The molecule has 12 heteroatoms. The molecule has 1 aromatic heterocycles. The third kappa shape index (κ3) is 7.21. The van der Waals surface area contributed by atoms with Gasteiger partial charge in [-0.2, -0.15) is 0 Å². The number of hydrogen-bond acceptors (Lipinski definition) is 7. The van der Waals surface area contributed by atoms with Gasteiger partial charge in [0.15, 0.2) is 20.7 Å². The van der Waals surface area contributed by atoms with Crippen LogP contribution < -0.4 is 5.32 Å². The van der Waals surface area contributed by atoms with Gasteiger partial charge in [0.1, 0.15) is 10.0 Å². The van der Waals surface area contributed by atoms with Crippen molar-refractivity contribution in [3.63, 3.8) is 0 Å². The number of nitrogens with zero attached hydrogens (tertiary/aromatic N) is 2. The summed E-state index contributed by atoms with van der Waals surface area (Å²) in [5, 5.41) is 11.5. The summed E-state index contributed by atoms with van der Waals surface area (Å²) in [6, 6.07) is 5.88. The normalized spacial score (nSPS) is 18.4. The first-order valence-electron chi connectivity index (χ1n) is 10.9. The van der Waals surface area contributed by atoms with Crippen molar-refractivity contribution in [1.82, 2.24) is 9.88 Å². The van der Waals surface area contributed by atoms with Gasteiger partial charge in [0.25, 0.3) is 0 Å². The SMILES string of the molecule is C[C@H]1CC[C@H](N(CCOCc2ccccc2F)C(=O)Nc2ncc(S(=O)(=O)CC(=O)O)s2)CC1. The molecule has 1 saturated carbocycles. The van der Waals surface area contributed by atoms with E-state index in [0.717, 1.165) is 31.9 Å². The van der Waals surface area contributed by atoms with Crippen LogP contribution in [0.25, 0.3) is 0 Å². The van der Waals surface area contributed by atoms with Gasteiger partial charge in [-0.05, 0) is 37.7 Å². The smallest absolute Gasteiger partial charge is 0.323 e. The van der Waals surface area contributed by atoms with E-state index in [1.165, 1.54) is 6.07 Å². The lowest BCUT2D eigenvalue weighted by Crippen LogP contribution is -2.46. The van der Waals surface area contributed by atoms with Gasteiger partial charge in [-0.1, -0.05) is 36.5 Å². The molecule has 1 fully saturated rings. The van der Waals surface area contributed by atoms with E-state index in [0.29, 0.717) is 22.8 Å². The lowest BCUT2D eigenvalue weighted by molar-refractivity contribution is -0.134. The maximum Gasteiger partial charge on any atom is 0.323 e. The third-order valence-electron chi connectivity index (χ3n) is 5.70. The zero-order chi connectivity index (χ0) is 24.7. The van der Waals surface area contributed by atoms with E-state index < -0.39 is 27.6 Å². The lowest BCUT2D eigenvalue weighted by Gasteiger charge is -2.36. The Labute approximate surface area is 201 Å². The molecule has 1 heterocycles. The zero-order valence-corrected chi connectivity index (χ0v) is 20.4. The van der Waals surface area contributed by atoms with Crippen LogP contribution in [0.4, 0.5) is 14.3 Å². The summed E-state index contributed by atoms with van der Waals surface area (Å²) in [5.74, 6) is -2.28. The van der Waals surface area contributed by atoms with Crippen molar-refractivity contribution in [3.05, 3.63) is 41.8 Å². The average Bonchev–Trinajstić information content (AvgIpc) is 3.24. The first-order chi connectivity index (χ1) is 16.2. The molecule has 2 aromatic rings. The first-order valence-corrected chi connectivity index (χ1v) is 13.4. The first kappa shape index (κ1) is 26.0. The second kappa shape index (κ2) is 11.7. The number of carboxylic acids is 1. The van der Waals surface area contributed by atoms with Crippen molar-refractivity contribution >= 4 is 38.3 Å². The van der Waals surface area contributed by atoms with Crippen molar-refractivity contribution < 1.29 is 32.2 Å². The fourth-order valence-electron chi connectivity index (χ4n) is 3.82. The Morgan fingerprint density at radius 1 is 1.26 bits per heavy atom. The van der Waals surface area contributed by atoms with Gasteiger partial charge in [0.05, 0.1) is 19.4 Å². The fraction of sp³-hybridized carbons (Fsp3) is 0.500. The largest absolute Gasteiger partial charge is 0.480 e. The molecular formula is C22H28FN3O6S2. The molecule has 0 aliphatic heterocycles. The minimum atomic E-state index is -4.03. The van der Waals surface area contributed by atoms with E-state index in [2.05, 4.69) is 17.2 Å². The predicted octanol–water partition coefficient (Wildman–Crippen LogP) is 3.77. The van der Waals surface area contributed by atoms with Crippen molar-refractivity contribution in [2.75, 3.05) is 24.2 Å². The number of urea groups is 1. The fourth-order valence-corrected chi connectivity index (χ4v) is 5.96. The van der Waals surface area contributed by atoms with Crippen molar-refractivity contribution in [1.29, 1.82) is 0 Å². The van der Waals surface area contributed by atoms with Crippen LogP contribution in [0.1, 0.15) is 38.2 Å². The van der Waals surface area contributed by atoms with Crippen LogP contribution in [0.5, 0.6) is 0 Å². The van der Waals surface area contributed by atoms with Crippen molar-refractivity contribution in [2.24, 2.45) is 5.92 Å². The number of anilines is 1. The van der Waals surface area contributed by atoms with Crippen LogP contribution >= 0.6 is 11.3 Å². The number of aliphatic carboxylic acids is 1. The molecule has 2 amide bonds. The van der Waals surface area contributed by atoms with Crippen LogP contribution in [-0.2, 0) is 26.0 Å². The monoisotopic (exact) mass is 513 g/mol. The Bertz CT molecular complexity index is 1100. The highest BCUT2D eigenvalue weighted by Crippen LogP contribution is 2.29. The Morgan fingerprint density at radius 2 is 1.97 bits per heavy atom. The number of amides is 2. The molecule has 0 atom stereocenters. The van der Waals surface area contributed by atoms with Gasteiger partial charge in [-0.3, -0.25) is 10.1 Å². The number of rotatable bonds is 10. The van der Waals surface area contributed by atoms with Crippen LogP contribution in [0.3, 0.4) is 0 Å². The topological polar surface area (TPSA) is 126 Å². The van der Waals surface area contributed by atoms with Crippen molar-refractivity contribution in [3.8, 4) is 0 Å². The molecule has 186 valence electrons. The van der Waals surface area contributed by atoms with E-state index >= 15 is 0 Å². The molecule has 34 heavy (non-hydrogen) atoms. The van der Waals surface area contributed by atoms with Crippen LogP contribution in [0, 0.1) is 11.7 Å². The lowest BCUT2D eigenvalue weighted by atomic mass is 9.86. The average molecular weight is 514 g/mol. The van der Waals surface area contributed by atoms with E-state index in [1.54, 1.807) is 23.1 Å². The molecule has 0 unspecified atom stereocenters. The maximum atomic E-state index is 13.8. The maximum absolute atomic E-state index is 13.8. The number of carboxylic acid groups (broad SMARTS) is 1. The van der Waals surface area contributed by atoms with E-state index in [4.69, 9.17) is 9.84 Å². The summed E-state index contributed by atoms with van der Waals surface area (Å²) in [5.41, 5.74) is 0.433. The predicted molar refractivity (Wildman–Crippen MR) is 125 cm³/mol. The summed E-state index contributed by atoms with van der Waals surface area (Å²) in [4.78, 5) is 29.4. The van der Waals surface area contributed by atoms with E-state index in [1.807, 2.05) is 0 Å². The molecule has 0 bridgehead atoms. The Balaban J connectivity index is 1.64. The quantitative estimate of drug-likeness (QED) is 0.463. The zero-order valence-electron chi connectivity index (χ0n) is 18.8. The number of carbonyl (C=O) groups is 2. The Morgan fingerprint density at radius 3 is 2.65 bits per heavy atom. The van der Waals surface area contributed by atoms with E-state index in [-0.39, 0.29) is 41.0 Å². The summed E-state index contributed by atoms with van der Waals surface area (Å²) >= 11 is 0.708. The molecule has 2 N–H and O–H groups in total. The van der Waals surface area contributed by atoms with E-state index in [9.17, 15) is 22.4 Å². The molecule has 1 aromatic carbocycles. The number of benzene rings is 1. The number of ether oxygens (including phenoxy) is 1. The number of hydrogen-bond donors (Lipinski definition) is 2. The summed E-state index contributed by atoms with van der Waals surface area (Å²) in [6.45, 7) is 2.73. The van der Waals surface area contributed by atoms with Gasteiger partial charge in [-0.25, -0.2) is 22.6 Å². The molecule has 0 spiro atoms. The van der Waals surface area contributed by atoms with Crippen molar-refractivity contribution in [2.45, 2.75) is 49.5 Å². The molecule has 0 saturated heterocycles. The minimum Gasteiger partial charge on any atom is -0.480 e. The molecule has 3 rings (SSSR count).